The highest BCUT2D eigenvalue weighted by molar-refractivity contribution is 6.35. The smallest absolute Gasteiger partial charge is 0.150 e. The summed E-state index contributed by atoms with van der Waals surface area (Å²) in [4.78, 5) is 7.83. The molecule has 0 radical (unpaired) electrons. The minimum absolute atomic E-state index is 0.200. The summed E-state index contributed by atoms with van der Waals surface area (Å²) < 4.78 is 0. The second kappa shape index (κ2) is 7.29. The molecule has 0 aliphatic rings. The first-order valence-electron chi connectivity index (χ1n) is 5.79. The number of hydrogen-bond donors (Lipinski definition) is 3. The summed E-state index contributed by atoms with van der Waals surface area (Å²) in [5, 5.41) is 12.5. The van der Waals surface area contributed by atoms with Crippen LogP contribution in [0.15, 0.2) is 6.33 Å². The van der Waals surface area contributed by atoms with E-state index in [9.17, 15) is 0 Å². The number of anilines is 2. The fraction of sp³-hybridized carbons (Fsp3) is 0.636. The molecule has 17 heavy (non-hydrogen) atoms. The molecule has 6 heteroatoms. The van der Waals surface area contributed by atoms with Gasteiger partial charge in [-0.05, 0) is 18.8 Å². The molecule has 1 rings (SSSR count). The Hall–Kier alpha value is -1.07. The molecule has 0 saturated carbocycles. The molecule has 0 aromatic carbocycles. The molecular formula is C11H19ClN4O. The van der Waals surface area contributed by atoms with Crippen molar-refractivity contribution in [2.24, 2.45) is 5.92 Å². The molecule has 0 saturated heterocycles. The number of aromatic nitrogens is 2. The third-order valence-electron chi connectivity index (χ3n) is 2.61. The fourth-order valence-corrected chi connectivity index (χ4v) is 1.85. The molecule has 1 heterocycles. The van der Waals surface area contributed by atoms with Crippen LogP contribution in [0.1, 0.15) is 26.2 Å². The van der Waals surface area contributed by atoms with Crippen molar-refractivity contribution in [1.82, 2.24) is 9.97 Å². The number of hydrogen-bond acceptors (Lipinski definition) is 5. The van der Waals surface area contributed by atoms with Crippen LogP contribution in [0.25, 0.3) is 0 Å². The first-order valence-corrected chi connectivity index (χ1v) is 6.17. The highest BCUT2D eigenvalue weighted by Gasteiger charge is 2.10. The van der Waals surface area contributed by atoms with Crippen molar-refractivity contribution in [3.8, 4) is 0 Å². The Morgan fingerprint density at radius 3 is 2.88 bits per heavy atom. The molecule has 1 aromatic heterocycles. The number of rotatable bonds is 7. The molecule has 0 aliphatic heterocycles. The van der Waals surface area contributed by atoms with E-state index in [0.717, 1.165) is 25.8 Å². The Bertz CT molecular complexity index is 342. The Balaban J connectivity index is 2.55. The van der Waals surface area contributed by atoms with Crippen molar-refractivity contribution >= 4 is 23.2 Å². The van der Waals surface area contributed by atoms with E-state index >= 15 is 0 Å². The molecule has 0 bridgehead atoms. The number of nitrogens with zero attached hydrogens (tertiary/aromatic N) is 2. The average molecular weight is 259 g/mol. The Morgan fingerprint density at radius 2 is 2.24 bits per heavy atom. The van der Waals surface area contributed by atoms with Crippen molar-refractivity contribution in [2.45, 2.75) is 26.2 Å². The summed E-state index contributed by atoms with van der Waals surface area (Å²) >= 11 is 5.97. The molecule has 0 amide bonds. The largest absolute Gasteiger partial charge is 0.396 e. The van der Waals surface area contributed by atoms with Crippen LogP contribution >= 0.6 is 11.6 Å². The number of nitrogens with one attached hydrogen (secondary N) is 1. The molecule has 5 nitrogen and oxygen atoms in total. The van der Waals surface area contributed by atoms with Gasteiger partial charge in [-0.2, -0.15) is 0 Å². The summed E-state index contributed by atoms with van der Waals surface area (Å²) in [7, 11) is 0. The number of halogens is 1. The molecular weight excluding hydrogens is 240 g/mol. The Labute approximate surface area is 106 Å². The van der Waals surface area contributed by atoms with Gasteiger partial charge in [0.25, 0.3) is 0 Å². The maximum absolute atomic E-state index is 8.96. The molecule has 1 atom stereocenters. The maximum atomic E-state index is 8.96. The average Bonchev–Trinajstić information content (AvgIpc) is 2.31. The van der Waals surface area contributed by atoms with Gasteiger partial charge in [0, 0.05) is 13.2 Å². The number of aliphatic hydroxyl groups excluding tert-OH is 1. The first kappa shape index (κ1) is 14.0. The standard InChI is InChI=1S/C11H19ClN4O/c1-2-3-8(4-5-17)6-14-11-9(12)10(13)15-7-16-11/h7-8,17H,2-6H2,1H3,(H3,13,14,15,16). The van der Waals surface area contributed by atoms with Gasteiger partial charge in [0.2, 0.25) is 0 Å². The minimum atomic E-state index is 0.200. The van der Waals surface area contributed by atoms with Gasteiger partial charge in [0.1, 0.15) is 23.0 Å². The lowest BCUT2D eigenvalue weighted by Gasteiger charge is -2.16. The van der Waals surface area contributed by atoms with E-state index in [-0.39, 0.29) is 12.4 Å². The van der Waals surface area contributed by atoms with E-state index in [1.807, 2.05) is 0 Å². The van der Waals surface area contributed by atoms with E-state index in [4.69, 9.17) is 22.4 Å². The lowest BCUT2D eigenvalue weighted by atomic mass is 10.0. The van der Waals surface area contributed by atoms with Gasteiger partial charge in [-0.3, -0.25) is 0 Å². The second-order valence-electron chi connectivity index (χ2n) is 3.97. The van der Waals surface area contributed by atoms with E-state index in [1.54, 1.807) is 0 Å². The predicted octanol–water partition coefficient (Wildman–Crippen LogP) is 1.92. The molecule has 96 valence electrons. The lowest BCUT2D eigenvalue weighted by molar-refractivity contribution is 0.255. The van der Waals surface area contributed by atoms with Gasteiger partial charge in [-0.15, -0.1) is 0 Å². The quantitative estimate of drug-likeness (QED) is 0.696. The van der Waals surface area contributed by atoms with Gasteiger partial charge >= 0.3 is 0 Å². The fourth-order valence-electron chi connectivity index (χ4n) is 1.69. The van der Waals surface area contributed by atoms with E-state index in [2.05, 4.69) is 22.2 Å². The highest BCUT2D eigenvalue weighted by atomic mass is 35.5. The van der Waals surface area contributed by atoms with Crippen molar-refractivity contribution in [1.29, 1.82) is 0 Å². The topological polar surface area (TPSA) is 84.1 Å². The van der Waals surface area contributed by atoms with Crippen LogP contribution in [0.3, 0.4) is 0 Å². The number of nitrogens with two attached hydrogens (primary N) is 1. The summed E-state index contributed by atoms with van der Waals surface area (Å²) in [6.45, 7) is 3.05. The molecule has 4 N–H and O–H groups in total. The van der Waals surface area contributed by atoms with Crippen LogP contribution in [0, 0.1) is 5.92 Å². The van der Waals surface area contributed by atoms with Crippen LogP contribution in [0.4, 0.5) is 11.6 Å². The van der Waals surface area contributed by atoms with E-state index in [0.29, 0.717) is 16.8 Å². The first-order chi connectivity index (χ1) is 8.19. The molecule has 0 aliphatic carbocycles. The van der Waals surface area contributed by atoms with Crippen LogP contribution in [-0.4, -0.2) is 28.2 Å². The summed E-state index contributed by atoms with van der Waals surface area (Å²) in [5.41, 5.74) is 5.58. The third-order valence-corrected chi connectivity index (χ3v) is 2.98. The Morgan fingerprint density at radius 1 is 1.47 bits per heavy atom. The zero-order valence-corrected chi connectivity index (χ0v) is 10.7. The second-order valence-corrected chi connectivity index (χ2v) is 4.35. The summed E-state index contributed by atoms with van der Waals surface area (Å²) in [6.07, 6.45) is 4.31. The Kier molecular flexibility index (Phi) is 6.00. The van der Waals surface area contributed by atoms with Crippen molar-refractivity contribution < 1.29 is 5.11 Å². The number of nitrogen functional groups attached to an aromatic ring is 1. The van der Waals surface area contributed by atoms with Crippen molar-refractivity contribution in [2.75, 3.05) is 24.2 Å². The van der Waals surface area contributed by atoms with Crippen LogP contribution in [-0.2, 0) is 0 Å². The minimum Gasteiger partial charge on any atom is -0.396 e. The zero-order chi connectivity index (χ0) is 12.7. The van der Waals surface area contributed by atoms with Gasteiger partial charge in [-0.1, -0.05) is 24.9 Å². The van der Waals surface area contributed by atoms with Gasteiger partial charge in [-0.25, -0.2) is 9.97 Å². The maximum Gasteiger partial charge on any atom is 0.150 e. The van der Waals surface area contributed by atoms with Crippen LogP contribution < -0.4 is 11.1 Å². The van der Waals surface area contributed by atoms with E-state index < -0.39 is 0 Å². The summed E-state index contributed by atoms with van der Waals surface area (Å²) in [5.74, 6) is 1.24. The third kappa shape index (κ3) is 4.36. The van der Waals surface area contributed by atoms with Gasteiger partial charge < -0.3 is 16.2 Å². The molecule has 0 fully saturated rings. The normalized spacial score (nSPS) is 12.4. The monoisotopic (exact) mass is 258 g/mol. The molecule has 1 unspecified atom stereocenters. The van der Waals surface area contributed by atoms with Crippen molar-refractivity contribution in [3.63, 3.8) is 0 Å². The summed E-state index contributed by atoms with van der Waals surface area (Å²) in [6, 6.07) is 0. The SMILES string of the molecule is CCCC(CCO)CNc1ncnc(N)c1Cl. The number of aliphatic hydroxyl groups is 1. The van der Waals surface area contributed by atoms with Gasteiger partial charge in [0.05, 0.1) is 0 Å². The molecule has 0 spiro atoms. The van der Waals surface area contributed by atoms with Crippen LogP contribution in [0.5, 0.6) is 0 Å². The van der Waals surface area contributed by atoms with Crippen LogP contribution in [0.2, 0.25) is 5.02 Å². The van der Waals surface area contributed by atoms with Crippen molar-refractivity contribution in [3.05, 3.63) is 11.3 Å². The highest BCUT2D eigenvalue weighted by Crippen LogP contribution is 2.23. The predicted molar refractivity (Wildman–Crippen MR) is 70.0 cm³/mol. The lowest BCUT2D eigenvalue weighted by Crippen LogP contribution is -2.17. The van der Waals surface area contributed by atoms with Gasteiger partial charge in [0.15, 0.2) is 0 Å². The van der Waals surface area contributed by atoms with E-state index in [1.165, 1.54) is 6.33 Å². The zero-order valence-electron chi connectivity index (χ0n) is 9.99. The molecule has 1 aromatic rings.